The third-order valence-electron chi connectivity index (χ3n) is 3.69. The Morgan fingerprint density at radius 2 is 1.89 bits per heavy atom. The summed E-state index contributed by atoms with van der Waals surface area (Å²) in [5.74, 6) is 0.651. The van der Waals surface area contributed by atoms with Crippen molar-refractivity contribution in [2.24, 2.45) is 5.92 Å². The molecule has 0 aromatic heterocycles. The van der Waals surface area contributed by atoms with Gasteiger partial charge in [0.05, 0.1) is 0 Å². The summed E-state index contributed by atoms with van der Waals surface area (Å²) in [5, 5.41) is 3.22. The second kappa shape index (κ2) is 7.05. The lowest BCUT2D eigenvalue weighted by atomic mass is 10.0. The van der Waals surface area contributed by atoms with Crippen molar-refractivity contribution < 1.29 is 8.42 Å². The van der Waals surface area contributed by atoms with Crippen LogP contribution in [0.1, 0.15) is 32.6 Å². The Kier molecular flexibility index (Phi) is 6.34. The van der Waals surface area contributed by atoms with Gasteiger partial charge in [0.1, 0.15) is 0 Å². The van der Waals surface area contributed by atoms with E-state index in [0.29, 0.717) is 19.0 Å². The minimum Gasteiger partial charge on any atom is -0.315 e. The highest BCUT2D eigenvalue weighted by Crippen LogP contribution is 2.18. The van der Waals surface area contributed by atoms with Crippen LogP contribution < -0.4 is 10.0 Å². The van der Waals surface area contributed by atoms with E-state index in [1.54, 1.807) is 4.31 Å². The number of hydrogen-bond acceptors (Lipinski definition) is 3. The fourth-order valence-corrected chi connectivity index (χ4v) is 3.93. The molecule has 1 atom stereocenters. The molecule has 5 nitrogen and oxygen atoms in total. The molecule has 2 N–H and O–H groups in total. The van der Waals surface area contributed by atoms with Gasteiger partial charge in [0, 0.05) is 25.7 Å². The molecule has 2 fully saturated rings. The van der Waals surface area contributed by atoms with Crippen molar-refractivity contribution in [2.75, 3.05) is 26.2 Å². The molecule has 2 aliphatic rings. The Morgan fingerprint density at radius 1 is 1.22 bits per heavy atom. The molecule has 0 aromatic carbocycles. The SMILES string of the molecule is CC1CCN(S(=O)(=O)N[C@@H]2CCCNC2)CC1.Cl. The monoisotopic (exact) mass is 297 g/mol. The standard InChI is InChI=1S/C11H23N3O2S.ClH/c1-10-4-7-14(8-5-10)17(15,16)13-11-3-2-6-12-9-11;/h10-13H,2-9H2,1H3;1H/t11-;/m1./s1. The van der Waals surface area contributed by atoms with Crippen molar-refractivity contribution in [1.82, 2.24) is 14.3 Å². The molecule has 0 spiro atoms. The predicted octanol–water partition coefficient (Wildman–Crippen LogP) is 0.726. The largest absolute Gasteiger partial charge is 0.315 e. The van der Waals surface area contributed by atoms with Crippen molar-refractivity contribution in [1.29, 1.82) is 0 Å². The fourth-order valence-electron chi connectivity index (χ4n) is 2.46. The maximum absolute atomic E-state index is 12.1. The van der Waals surface area contributed by atoms with E-state index in [2.05, 4.69) is 17.0 Å². The second-order valence-corrected chi connectivity index (χ2v) is 6.95. The first-order chi connectivity index (χ1) is 8.08. The molecular weight excluding hydrogens is 274 g/mol. The Labute approximate surface area is 116 Å². The Morgan fingerprint density at radius 3 is 2.44 bits per heavy atom. The topological polar surface area (TPSA) is 61.4 Å². The minimum atomic E-state index is -3.26. The summed E-state index contributed by atoms with van der Waals surface area (Å²) in [4.78, 5) is 0. The van der Waals surface area contributed by atoms with Crippen LogP contribution in [0.3, 0.4) is 0 Å². The molecule has 0 aliphatic carbocycles. The van der Waals surface area contributed by atoms with Crippen molar-refractivity contribution >= 4 is 22.6 Å². The predicted molar refractivity (Wildman–Crippen MR) is 75.2 cm³/mol. The summed E-state index contributed by atoms with van der Waals surface area (Å²) in [6.45, 7) is 5.26. The number of piperidine rings is 2. The number of nitrogens with zero attached hydrogens (tertiary/aromatic N) is 1. The minimum absolute atomic E-state index is 0. The average molecular weight is 298 g/mol. The lowest BCUT2D eigenvalue weighted by molar-refractivity contribution is 0.281. The average Bonchev–Trinajstić information content (AvgIpc) is 2.30. The van der Waals surface area contributed by atoms with Crippen LogP contribution in [0.15, 0.2) is 0 Å². The van der Waals surface area contributed by atoms with Crippen LogP contribution in [0.2, 0.25) is 0 Å². The zero-order valence-electron chi connectivity index (χ0n) is 10.9. The molecule has 0 amide bonds. The molecule has 2 saturated heterocycles. The smallest absolute Gasteiger partial charge is 0.279 e. The third kappa shape index (κ3) is 4.35. The van der Waals surface area contributed by atoms with Gasteiger partial charge < -0.3 is 5.32 Å². The summed E-state index contributed by atoms with van der Waals surface area (Å²) in [7, 11) is -3.26. The van der Waals surface area contributed by atoms with Gasteiger partial charge in [-0.2, -0.15) is 17.4 Å². The van der Waals surface area contributed by atoms with E-state index in [1.165, 1.54) is 0 Å². The van der Waals surface area contributed by atoms with Crippen molar-refractivity contribution in [3.8, 4) is 0 Å². The molecule has 0 unspecified atom stereocenters. The highest BCUT2D eigenvalue weighted by molar-refractivity contribution is 7.87. The number of rotatable bonds is 3. The summed E-state index contributed by atoms with van der Waals surface area (Å²) in [5.41, 5.74) is 0. The highest BCUT2D eigenvalue weighted by atomic mass is 35.5. The zero-order chi connectivity index (χ0) is 12.3. The van der Waals surface area contributed by atoms with E-state index in [1.807, 2.05) is 0 Å². The molecular formula is C11H24ClN3O2S. The molecule has 18 heavy (non-hydrogen) atoms. The van der Waals surface area contributed by atoms with Crippen molar-refractivity contribution in [3.05, 3.63) is 0 Å². The van der Waals surface area contributed by atoms with Crippen molar-refractivity contribution in [3.63, 3.8) is 0 Å². The lowest BCUT2D eigenvalue weighted by Crippen LogP contribution is -2.52. The quantitative estimate of drug-likeness (QED) is 0.807. The first kappa shape index (κ1) is 16.2. The van der Waals surface area contributed by atoms with E-state index >= 15 is 0 Å². The first-order valence-corrected chi connectivity index (χ1v) is 8.00. The molecule has 7 heteroatoms. The van der Waals surface area contributed by atoms with Crippen LogP contribution in [-0.2, 0) is 10.2 Å². The number of halogens is 1. The van der Waals surface area contributed by atoms with Gasteiger partial charge >= 0.3 is 0 Å². The maximum atomic E-state index is 12.1. The van der Waals surface area contributed by atoms with Crippen LogP contribution in [-0.4, -0.2) is 44.9 Å². The van der Waals surface area contributed by atoms with Crippen LogP contribution in [0.4, 0.5) is 0 Å². The number of hydrogen-bond donors (Lipinski definition) is 2. The van der Waals surface area contributed by atoms with E-state index in [-0.39, 0.29) is 18.4 Å². The number of nitrogens with one attached hydrogen (secondary N) is 2. The molecule has 108 valence electrons. The van der Waals surface area contributed by atoms with E-state index in [0.717, 1.165) is 38.8 Å². The van der Waals surface area contributed by atoms with Gasteiger partial charge in [-0.15, -0.1) is 12.4 Å². The van der Waals surface area contributed by atoms with E-state index in [9.17, 15) is 8.42 Å². The van der Waals surface area contributed by atoms with E-state index in [4.69, 9.17) is 0 Å². The van der Waals surface area contributed by atoms with Crippen LogP contribution in [0.25, 0.3) is 0 Å². The van der Waals surface area contributed by atoms with Gasteiger partial charge in [0.2, 0.25) is 0 Å². The van der Waals surface area contributed by atoms with Crippen LogP contribution >= 0.6 is 12.4 Å². The summed E-state index contributed by atoms with van der Waals surface area (Å²) in [6, 6.07) is 0.0631. The van der Waals surface area contributed by atoms with Gasteiger partial charge in [0.15, 0.2) is 0 Å². The van der Waals surface area contributed by atoms with Gasteiger partial charge in [0.25, 0.3) is 10.2 Å². The molecule has 0 aromatic rings. The van der Waals surface area contributed by atoms with Crippen molar-refractivity contribution in [2.45, 2.75) is 38.6 Å². The lowest BCUT2D eigenvalue weighted by Gasteiger charge is -2.32. The second-order valence-electron chi connectivity index (χ2n) is 5.25. The zero-order valence-corrected chi connectivity index (χ0v) is 12.5. The summed E-state index contributed by atoms with van der Waals surface area (Å²) >= 11 is 0. The molecule has 0 radical (unpaired) electrons. The fraction of sp³-hybridized carbons (Fsp3) is 1.00. The maximum Gasteiger partial charge on any atom is 0.279 e. The molecule has 0 saturated carbocycles. The molecule has 0 bridgehead atoms. The van der Waals surface area contributed by atoms with Gasteiger partial charge in [-0.05, 0) is 38.1 Å². The summed E-state index contributed by atoms with van der Waals surface area (Å²) in [6.07, 6.45) is 3.94. The third-order valence-corrected chi connectivity index (χ3v) is 5.37. The Hall–Kier alpha value is 0.120. The Balaban J connectivity index is 0.00000162. The van der Waals surface area contributed by atoms with Gasteiger partial charge in [-0.25, -0.2) is 0 Å². The Bertz CT molecular complexity index is 336. The van der Waals surface area contributed by atoms with Crippen LogP contribution in [0.5, 0.6) is 0 Å². The normalized spacial score (nSPS) is 27.7. The van der Waals surface area contributed by atoms with Crippen LogP contribution in [0, 0.1) is 5.92 Å². The van der Waals surface area contributed by atoms with E-state index < -0.39 is 10.2 Å². The molecule has 2 rings (SSSR count). The molecule has 2 aliphatic heterocycles. The van der Waals surface area contributed by atoms with Gasteiger partial charge in [-0.1, -0.05) is 6.92 Å². The first-order valence-electron chi connectivity index (χ1n) is 6.56. The van der Waals surface area contributed by atoms with Gasteiger partial charge in [-0.3, -0.25) is 0 Å². The highest BCUT2D eigenvalue weighted by Gasteiger charge is 2.28. The summed E-state index contributed by atoms with van der Waals surface area (Å²) < 4.78 is 28.7. The molecule has 2 heterocycles.